The molecule has 1 aromatic carbocycles. The molecule has 8 nitrogen and oxygen atoms in total. The second kappa shape index (κ2) is 10.2. The van der Waals surface area contributed by atoms with Crippen LogP contribution in [0.5, 0.6) is 0 Å². The van der Waals surface area contributed by atoms with E-state index >= 15 is 0 Å². The van der Waals surface area contributed by atoms with Gasteiger partial charge >= 0.3 is 12.1 Å². The lowest BCUT2D eigenvalue weighted by Crippen LogP contribution is -2.46. The van der Waals surface area contributed by atoms with Crippen molar-refractivity contribution >= 4 is 40.9 Å². The van der Waals surface area contributed by atoms with Crippen molar-refractivity contribution in [3.8, 4) is 0 Å². The van der Waals surface area contributed by atoms with Gasteiger partial charge < -0.3 is 14.4 Å². The van der Waals surface area contributed by atoms with Gasteiger partial charge in [-0.2, -0.15) is 0 Å². The molecule has 2 unspecified atom stereocenters. The Morgan fingerprint density at radius 2 is 1.90 bits per heavy atom. The molecule has 1 N–H and O–H groups in total. The Morgan fingerprint density at radius 3 is 2.55 bits per heavy atom. The average molecular weight is 445 g/mol. The summed E-state index contributed by atoms with van der Waals surface area (Å²) in [4.78, 5) is 51.4. The van der Waals surface area contributed by atoms with Crippen molar-refractivity contribution in [1.82, 2.24) is 5.32 Å². The number of anilines is 1. The Kier molecular flexibility index (Phi) is 7.41. The van der Waals surface area contributed by atoms with Crippen LogP contribution in [0.3, 0.4) is 0 Å². The molecule has 0 radical (unpaired) electrons. The zero-order valence-corrected chi connectivity index (χ0v) is 18.1. The molecular formula is C22H24N2O6S. The van der Waals surface area contributed by atoms with Crippen molar-refractivity contribution < 1.29 is 28.7 Å². The summed E-state index contributed by atoms with van der Waals surface area (Å²) in [6.07, 6.45) is -0.402. The molecule has 1 aliphatic rings. The van der Waals surface area contributed by atoms with Gasteiger partial charge in [0, 0.05) is 17.0 Å². The van der Waals surface area contributed by atoms with Crippen molar-refractivity contribution in [2.75, 3.05) is 18.1 Å². The Labute approximate surface area is 184 Å². The monoisotopic (exact) mass is 444 g/mol. The molecule has 1 fully saturated rings. The SMILES string of the molecule is CCOC(=O)NC(=O)COC(=O)C1CCC(=O)N(c2ccc(C)cc2)C1c1cccs1. The number of thiophene rings is 1. The number of hydrogen-bond acceptors (Lipinski definition) is 7. The fourth-order valence-electron chi connectivity index (χ4n) is 3.49. The van der Waals surface area contributed by atoms with E-state index in [2.05, 4.69) is 4.74 Å². The Balaban J connectivity index is 1.79. The first-order valence-electron chi connectivity index (χ1n) is 9.96. The summed E-state index contributed by atoms with van der Waals surface area (Å²) in [5, 5.41) is 3.87. The highest BCUT2D eigenvalue weighted by molar-refractivity contribution is 7.10. The maximum Gasteiger partial charge on any atom is 0.413 e. The number of amides is 3. The van der Waals surface area contributed by atoms with Gasteiger partial charge in [-0.15, -0.1) is 11.3 Å². The zero-order chi connectivity index (χ0) is 22.4. The molecular weight excluding hydrogens is 420 g/mol. The first-order valence-corrected chi connectivity index (χ1v) is 10.8. The van der Waals surface area contributed by atoms with Crippen LogP contribution in [0.25, 0.3) is 0 Å². The Hall–Kier alpha value is -3.20. The van der Waals surface area contributed by atoms with E-state index in [1.54, 1.807) is 11.8 Å². The smallest absolute Gasteiger partial charge is 0.413 e. The number of imide groups is 1. The van der Waals surface area contributed by atoms with Crippen LogP contribution in [0.2, 0.25) is 0 Å². The molecule has 0 aliphatic carbocycles. The standard InChI is InChI=1S/C22H24N2O6S/c1-3-29-22(28)23-18(25)13-30-21(27)16-10-11-19(26)24(15-8-6-14(2)7-9-15)20(16)17-5-4-12-31-17/h4-9,12,16,20H,3,10-11,13H2,1-2H3,(H,23,25,28). The van der Waals surface area contributed by atoms with Crippen LogP contribution in [-0.4, -0.2) is 37.1 Å². The lowest BCUT2D eigenvalue weighted by molar-refractivity contribution is -0.154. The summed E-state index contributed by atoms with van der Waals surface area (Å²) < 4.78 is 9.83. The minimum atomic E-state index is -0.895. The van der Waals surface area contributed by atoms with Crippen molar-refractivity contribution in [2.45, 2.75) is 32.7 Å². The molecule has 0 spiro atoms. The second-order valence-corrected chi connectivity index (χ2v) is 8.06. The van der Waals surface area contributed by atoms with Crippen LogP contribution in [-0.2, 0) is 23.9 Å². The highest BCUT2D eigenvalue weighted by Crippen LogP contribution is 2.42. The van der Waals surface area contributed by atoms with E-state index in [4.69, 9.17) is 4.74 Å². The highest BCUT2D eigenvalue weighted by atomic mass is 32.1. The van der Waals surface area contributed by atoms with Gasteiger partial charge in [0.25, 0.3) is 5.91 Å². The van der Waals surface area contributed by atoms with Gasteiger partial charge in [0.05, 0.1) is 18.6 Å². The quantitative estimate of drug-likeness (QED) is 0.686. The molecule has 3 amide bonds. The topological polar surface area (TPSA) is 102 Å². The number of ether oxygens (including phenoxy) is 2. The van der Waals surface area contributed by atoms with Crippen molar-refractivity contribution in [1.29, 1.82) is 0 Å². The Morgan fingerprint density at radius 1 is 1.16 bits per heavy atom. The predicted molar refractivity (Wildman–Crippen MR) is 115 cm³/mol. The van der Waals surface area contributed by atoms with Gasteiger partial charge in [-0.25, -0.2) is 4.79 Å². The molecule has 9 heteroatoms. The van der Waals surface area contributed by atoms with Crippen LogP contribution in [0.15, 0.2) is 41.8 Å². The Bertz CT molecular complexity index is 941. The normalized spacial score (nSPS) is 18.4. The molecule has 0 bridgehead atoms. The molecule has 3 rings (SSSR count). The first-order chi connectivity index (χ1) is 14.9. The van der Waals surface area contributed by atoms with Crippen molar-refractivity contribution in [3.63, 3.8) is 0 Å². The second-order valence-electron chi connectivity index (χ2n) is 7.08. The van der Waals surface area contributed by atoms with E-state index in [9.17, 15) is 19.2 Å². The number of alkyl carbamates (subject to hydrolysis) is 1. The van der Waals surface area contributed by atoms with Gasteiger partial charge in [0.15, 0.2) is 6.61 Å². The van der Waals surface area contributed by atoms with Gasteiger partial charge in [-0.3, -0.25) is 19.7 Å². The summed E-state index contributed by atoms with van der Waals surface area (Å²) in [5.74, 6) is -2.09. The zero-order valence-electron chi connectivity index (χ0n) is 17.3. The summed E-state index contributed by atoms with van der Waals surface area (Å²) >= 11 is 1.45. The summed E-state index contributed by atoms with van der Waals surface area (Å²) in [5.41, 5.74) is 1.76. The number of esters is 1. The number of piperidine rings is 1. The molecule has 1 saturated heterocycles. The van der Waals surface area contributed by atoms with E-state index in [1.165, 1.54) is 11.3 Å². The molecule has 1 aromatic heterocycles. The number of nitrogens with zero attached hydrogens (tertiary/aromatic N) is 1. The van der Waals surface area contributed by atoms with E-state index in [0.29, 0.717) is 12.1 Å². The third-order valence-electron chi connectivity index (χ3n) is 4.91. The summed E-state index contributed by atoms with van der Waals surface area (Å²) in [6.45, 7) is 3.08. The lowest BCUT2D eigenvalue weighted by Gasteiger charge is -2.39. The third kappa shape index (κ3) is 5.49. The molecule has 2 atom stereocenters. The molecule has 31 heavy (non-hydrogen) atoms. The third-order valence-corrected chi connectivity index (χ3v) is 5.85. The minimum absolute atomic E-state index is 0.0774. The average Bonchev–Trinajstić information content (AvgIpc) is 3.27. The minimum Gasteiger partial charge on any atom is -0.455 e. The number of benzene rings is 1. The number of aryl methyl sites for hydroxylation is 1. The van der Waals surface area contributed by atoms with Gasteiger partial charge in [0.2, 0.25) is 5.91 Å². The number of hydrogen-bond donors (Lipinski definition) is 1. The van der Waals surface area contributed by atoms with E-state index < -0.39 is 36.5 Å². The largest absolute Gasteiger partial charge is 0.455 e. The molecule has 1 aliphatic heterocycles. The maximum absolute atomic E-state index is 12.9. The van der Waals surface area contributed by atoms with Crippen molar-refractivity contribution in [2.24, 2.45) is 5.92 Å². The number of nitrogens with one attached hydrogen (secondary N) is 1. The van der Waals surface area contributed by atoms with E-state index in [-0.39, 0.29) is 18.9 Å². The molecule has 2 aromatic rings. The van der Waals surface area contributed by atoms with E-state index in [1.807, 2.05) is 54.0 Å². The fourth-order valence-corrected chi connectivity index (χ4v) is 4.38. The molecule has 0 saturated carbocycles. The number of carbonyl (C=O) groups is 4. The molecule has 2 heterocycles. The number of carbonyl (C=O) groups excluding carboxylic acids is 4. The fraction of sp³-hybridized carbons (Fsp3) is 0.364. The van der Waals surface area contributed by atoms with Gasteiger partial charge in [-0.1, -0.05) is 23.8 Å². The summed E-state index contributed by atoms with van der Waals surface area (Å²) in [7, 11) is 0. The lowest BCUT2D eigenvalue weighted by atomic mass is 9.87. The predicted octanol–water partition coefficient (Wildman–Crippen LogP) is 3.36. The van der Waals surface area contributed by atoms with Crippen molar-refractivity contribution in [3.05, 3.63) is 52.2 Å². The maximum atomic E-state index is 12.9. The van der Waals surface area contributed by atoms with E-state index in [0.717, 1.165) is 10.4 Å². The first kappa shape index (κ1) is 22.5. The van der Waals surface area contributed by atoms with Crippen LogP contribution < -0.4 is 10.2 Å². The van der Waals surface area contributed by atoms with Gasteiger partial charge in [0.1, 0.15) is 0 Å². The van der Waals surface area contributed by atoms with Gasteiger partial charge in [-0.05, 0) is 43.8 Å². The molecule has 164 valence electrons. The summed E-state index contributed by atoms with van der Waals surface area (Å²) in [6, 6.07) is 10.7. The number of rotatable bonds is 6. The van der Waals surface area contributed by atoms with Crippen LogP contribution >= 0.6 is 11.3 Å². The van der Waals surface area contributed by atoms with Crippen LogP contribution in [0, 0.1) is 12.8 Å². The van der Waals surface area contributed by atoms with Crippen LogP contribution in [0.1, 0.15) is 36.2 Å². The van der Waals surface area contributed by atoms with Crippen LogP contribution in [0.4, 0.5) is 10.5 Å². The highest BCUT2D eigenvalue weighted by Gasteiger charge is 2.43.